The highest BCUT2D eigenvalue weighted by molar-refractivity contribution is 6.32. The normalized spacial score (nSPS) is 15.3. The average Bonchev–Trinajstić information content (AvgIpc) is 2.35. The van der Waals surface area contributed by atoms with Crippen LogP contribution >= 0.6 is 11.6 Å². The van der Waals surface area contributed by atoms with Crippen molar-refractivity contribution < 1.29 is 19.4 Å². The number of ether oxygens (including phenoxy) is 2. The fraction of sp³-hybridized carbons (Fsp3) is 0.462. The molecule has 4 nitrogen and oxygen atoms in total. The van der Waals surface area contributed by atoms with Crippen LogP contribution in [0.4, 0.5) is 0 Å². The summed E-state index contributed by atoms with van der Waals surface area (Å²) in [6.45, 7) is 4.54. The van der Waals surface area contributed by atoms with E-state index in [1.807, 2.05) is 6.92 Å². The lowest BCUT2D eigenvalue weighted by molar-refractivity contribution is -0.141. The molecule has 0 aliphatic carbocycles. The van der Waals surface area contributed by atoms with E-state index in [0.717, 1.165) is 11.1 Å². The van der Waals surface area contributed by atoms with Gasteiger partial charge in [-0.15, -0.1) is 0 Å². The van der Waals surface area contributed by atoms with E-state index < -0.39 is 11.9 Å². The van der Waals surface area contributed by atoms with E-state index in [0.29, 0.717) is 36.2 Å². The highest BCUT2D eigenvalue weighted by atomic mass is 35.5. The second-order valence-electron chi connectivity index (χ2n) is 4.44. The molecule has 0 fully saturated rings. The average molecular weight is 271 g/mol. The number of carbonyl (C=O) groups is 1. The molecule has 1 atom stereocenters. The summed E-state index contributed by atoms with van der Waals surface area (Å²) < 4.78 is 11.0. The number of benzene rings is 1. The number of hydrogen-bond donors (Lipinski definition) is 1. The minimum absolute atomic E-state index is 0.428. The van der Waals surface area contributed by atoms with Crippen molar-refractivity contribution >= 4 is 17.6 Å². The molecule has 5 heteroatoms. The van der Waals surface area contributed by atoms with Gasteiger partial charge in [0.15, 0.2) is 11.5 Å². The molecule has 1 aliphatic heterocycles. The number of halogens is 1. The molecule has 0 radical (unpaired) electrons. The zero-order valence-electron chi connectivity index (χ0n) is 10.3. The van der Waals surface area contributed by atoms with Crippen LogP contribution in [0.25, 0.3) is 0 Å². The Morgan fingerprint density at radius 1 is 1.44 bits per heavy atom. The van der Waals surface area contributed by atoms with Gasteiger partial charge in [-0.1, -0.05) is 18.5 Å². The lowest BCUT2D eigenvalue weighted by atomic mass is 9.96. The summed E-state index contributed by atoms with van der Waals surface area (Å²) in [7, 11) is 0. The van der Waals surface area contributed by atoms with Gasteiger partial charge in [-0.3, -0.25) is 4.79 Å². The van der Waals surface area contributed by atoms with Crippen LogP contribution in [0.3, 0.4) is 0 Å². The van der Waals surface area contributed by atoms with Gasteiger partial charge in [-0.25, -0.2) is 0 Å². The number of fused-ring (bicyclic) bond motifs is 1. The monoisotopic (exact) mass is 270 g/mol. The van der Waals surface area contributed by atoms with Gasteiger partial charge in [-0.2, -0.15) is 0 Å². The van der Waals surface area contributed by atoms with Crippen LogP contribution in [0, 0.1) is 12.8 Å². The molecular weight excluding hydrogens is 256 g/mol. The molecule has 0 bridgehead atoms. The highest BCUT2D eigenvalue weighted by Gasteiger charge is 2.22. The van der Waals surface area contributed by atoms with Crippen molar-refractivity contribution in [1.82, 2.24) is 0 Å². The lowest BCUT2D eigenvalue weighted by Crippen LogP contribution is -2.18. The molecule has 0 saturated carbocycles. The van der Waals surface area contributed by atoms with Gasteiger partial charge < -0.3 is 14.6 Å². The van der Waals surface area contributed by atoms with Gasteiger partial charge in [0, 0.05) is 0 Å². The predicted molar refractivity (Wildman–Crippen MR) is 67.7 cm³/mol. The number of carboxylic acid groups (broad SMARTS) is 1. The van der Waals surface area contributed by atoms with Crippen LogP contribution < -0.4 is 9.47 Å². The molecule has 1 unspecified atom stereocenters. The van der Waals surface area contributed by atoms with E-state index in [2.05, 4.69) is 0 Å². The van der Waals surface area contributed by atoms with Crippen molar-refractivity contribution in [2.45, 2.75) is 20.3 Å². The first kappa shape index (κ1) is 13.0. The first-order valence-corrected chi connectivity index (χ1v) is 6.19. The molecule has 1 aromatic carbocycles. The van der Waals surface area contributed by atoms with Crippen LogP contribution in [-0.2, 0) is 11.2 Å². The van der Waals surface area contributed by atoms with Gasteiger partial charge in [0.1, 0.15) is 13.2 Å². The molecule has 0 spiro atoms. The zero-order chi connectivity index (χ0) is 13.3. The Morgan fingerprint density at radius 2 is 2.06 bits per heavy atom. The quantitative estimate of drug-likeness (QED) is 0.917. The SMILES string of the molecule is Cc1c(CC(C)C(=O)O)cc(Cl)c2c1OCCO2. The first-order valence-electron chi connectivity index (χ1n) is 5.81. The predicted octanol–water partition coefficient (Wildman–Crippen LogP) is 2.68. The molecule has 1 aromatic rings. The van der Waals surface area contributed by atoms with E-state index in [4.69, 9.17) is 26.2 Å². The van der Waals surface area contributed by atoms with Crippen LogP contribution in [0.2, 0.25) is 5.02 Å². The van der Waals surface area contributed by atoms with Gasteiger partial charge in [0.2, 0.25) is 0 Å². The molecule has 1 N–H and O–H groups in total. The van der Waals surface area contributed by atoms with Gasteiger partial charge >= 0.3 is 5.97 Å². The third kappa shape index (κ3) is 2.38. The lowest BCUT2D eigenvalue weighted by Gasteiger charge is -2.23. The van der Waals surface area contributed by atoms with Gasteiger partial charge in [0.25, 0.3) is 0 Å². The third-order valence-electron chi connectivity index (χ3n) is 3.07. The summed E-state index contributed by atoms with van der Waals surface area (Å²) in [6, 6.07) is 1.77. The number of carboxylic acids is 1. The Kier molecular flexibility index (Phi) is 3.66. The molecule has 1 heterocycles. The molecule has 0 saturated heterocycles. The minimum Gasteiger partial charge on any atom is -0.486 e. The van der Waals surface area contributed by atoms with Crippen molar-refractivity contribution in [3.05, 3.63) is 22.2 Å². The molecule has 2 rings (SSSR count). The van der Waals surface area contributed by atoms with Gasteiger partial charge in [0.05, 0.1) is 10.9 Å². The summed E-state index contributed by atoms with van der Waals surface area (Å²) >= 11 is 6.13. The fourth-order valence-corrected chi connectivity index (χ4v) is 2.25. The zero-order valence-corrected chi connectivity index (χ0v) is 11.1. The van der Waals surface area contributed by atoms with Crippen molar-refractivity contribution in [3.63, 3.8) is 0 Å². The topological polar surface area (TPSA) is 55.8 Å². The van der Waals surface area contributed by atoms with E-state index in [-0.39, 0.29) is 0 Å². The van der Waals surface area contributed by atoms with E-state index >= 15 is 0 Å². The first-order chi connectivity index (χ1) is 8.50. The standard InChI is InChI=1S/C13H15ClO4/c1-7(13(15)16)5-9-6-10(14)12-11(8(9)2)17-3-4-18-12/h6-7H,3-5H2,1-2H3,(H,15,16). The minimum atomic E-state index is -0.819. The van der Waals surface area contributed by atoms with Crippen molar-refractivity contribution in [2.75, 3.05) is 13.2 Å². The van der Waals surface area contributed by atoms with Crippen molar-refractivity contribution in [1.29, 1.82) is 0 Å². The van der Waals surface area contributed by atoms with Crippen LogP contribution in [0.15, 0.2) is 6.07 Å². The maximum atomic E-state index is 10.9. The summed E-state index contributed by atoms with van der Waals surface area (Å²) in [4.78, 5) is 10.9. The second kappa shape index (κ2) is 5.06. The van der Waals surface area contributed by atoms with Crippen molar-refractivity contribution in [3.8, 4) is 11.5 Å². The van der Waals surface area contributed by atoms with Crippen LogP contribution in [0.5, 0.6) is 11.5 Å². The molecule has 1 aliphatic rings. The number of hydrogen-bond acceptors (Lipinski definition) is 3. The molecule has 0 aromatic heterocycles. The second-order valence-corrected chi connectivity index (χ2v) is 4.85. The smallest absolute Gasteiger partial charge is 0.306 e. The molecule has 98 valence electrons. The molecular formula is C13H15ClO4. The fourth-order valence-electron chi connectivity index (χ4n) is 1.98. The molecule has 18 heavy (non-hydrogen) atoms. The summed E-state index contributed by atoms with van der Waals surface area (Å²) in [5, 5.41) is 9.43. The molecule has 0 amide bonds. The third-order valence-corrected chi connectivity index (χ3v) is 3.35. The Bertz CT molecular complexity index is 484. The van der Waals surface area contributed by atoms with Gasteiger partial charge in [-0.05, 0) is 30.5 Å². The maximum Gasteiger partial charge on any atom is 0.306 e. The number of aliphatic carboxylic acids is 1. The Morgan fingerprint density at radius 3 is 2.67 bits per heavy atom. The van der Waals surface area contributed by atoms with E-state index in [9.17, 15) is 4.79 Å². The van der Waals surface area contributed by atoms with Crippen molar-refractivity contribution in [2.24, 2.45) is 5.92 Å². The Labute approximate surface area is 110 Å². The van der Waals surface area contributed by atoms with E-state index in [1.54, 1.807) is 13.0 Å². The summed E-state index contributed by atoms with van der Waals surface area (Å²) in [5.41, 5.74) is 1.79. The largest absolute Gasteiger partial charge is 0.486 e. The van der Waals surface area contributed by atoms with Crippen LogP contribution in [-0.4, -0.2) is 24.3 Å². The van der Waals surface area contributed by atoms with Crippen LogP contribution in [0.1, 0.15) is 18.1 Å². The Balaban J connectivity index is 2.37. The number of rotatable bonds is 3. The summed E-state index contributed by atoms with van der Waals surface area (Å²) in [6.07, 6.45) is 0.428. The highest BCUT2D eigenvalue weighted by Crippen LogP contribution is 2.42. The Hall–Kier alpha value is -1.42. The van der Waals surface area contributed by atoms with E-state index in [1.165, 1.54) is 0 Å². The summed E-state index contributed by atoms with van der Waals surface area (Å²) in [5.74, 6) is -0.0729. The maximum absolute atomic E-state index is 10.9.